The van der Waals surface area contributed by atoms with Gasteiger partial charge >= 0.3 is 0 Å². The largest absolute Gasteiger partial charge is 0.380 e. The molecule has 1 saturated carbocycles. The van der Waals surface area contributed by atoms with Gasteiger partial charge in [0.2, 0.25) is 0 Å². The number of hydrogen-bond acceptors (Lipinski definition) is 3. The van der Waals surface area contributed by atoms with Gasteiger partial charge in [0.1, 0.15) is 0 Å². The molecule has 2 rings (SSSR count). The van der Waals surface area contributed by atoms with Crippen LogP contribution >= 0.6 is 0 Å². The van der Waals surface area contributed by atoms with Gasteiger partial charge in [0, 0.05) is 19.2 Å². The van der Waals surface area contributed by atoms with Crippen molar-refractivity contribution >= 4 is 0 Å². The highest BCUT2D eigenvalue weighted by atomic mass is 16.5. The van der Waals surface area contributed by atoms with Gasteiger partial charge < -0.3 is 15.0 Å². The van der Waals surface area contributed by atoms with Crippen molar-refractivity contribution in [3.05, 3.63) is 0 Å². The smallest absolute Gasteiger partial charge is 0.0591 e. The van der Waals surface area contributed by atoms with Crippen LogP contribution in [0.2, 0.25) is 0 Å². The van der Waals surface area contributed by atoms with Crippen LogP contribution in [0.15, 0.2) is 0 Å². The molecule has 2 fully saturated rings. The van der Waals surface area contributed by atoms with E-state index in [0.717, 1.165) is 38.3 Å². The van der Waals surface area contributed by atoms with Crippen molar-refractivity contribution in [2.45, 2.75) is 44.6 Å². The van der Waals surface area contributed by atoms with E-state index < -0.39 is 0 Å². The first-order chi connectivity index (χ1) is 8.36. The van der Waals surface area contributed by atoms with Gasteiger partial charge in [-0.3, -0.25) is 0 Å². The third-order valence-electron chi connectivity index (χ3n) is 4.05. The van der Waals surface area contributed by atoms with Crippen molar-refractivity contribution in [2.75, 3.05) is 39.9 Å². The van der Waals surface area contributed by atoms with E-state index in [1.807, 2.05) is 0 Å². The molecule has 1 aliphatic carbocycles. The van der Waals surface area contributed by atoms with Crippen molar-refractivity contribution in [3.8, 4) is 0 Å². The molecular weight excluding hydrogens is 212 g/mol. The maximum atomic E-state index is 5.60. The van der Waals surface area contributed by atoms with Crippen LogP contribution < -0.4 is 5.32 Å². The summed E-state index contributed by atoms with van der Waals surface area (Å²) < 4.78 is 5.60. The Bertz CT molecular complexity index is 206. The maximum absolute atomic E-state index is 5.60. The number of piperidine rings is 1. The van der Waals surface area contributed by atoms with Crippen molar-refractivity contribution in [2.24, 2.45) is 5.92 Å². The Kier molecular flexibility index (Phi) is 5.75. The number of nitrogens with zero attached hydrogens (tertiary/aromatic N) is 1. The minimum atomic E-state index is 0.809. The second kappa shape index (κ2) is 7.34. The molecule has 1 aliphatic heterocycles. The first kappa shape index (κ1) is 13.3. The predicted molar refractivity (Wildman–Crippen MR) is 71.3 cm³/mol. The standard InChI is InChI=1S/C14H28N2O/c1-16-10-3-2-4-14(16)7-8-15-9-11-17-12-13-5-6-13/h13-15H,2-12H2,1H3. The SMILES string of the molecule is CN1CCCCC1CCNCCOCC1CC1. The first-order valence-electron chi connectivity index (χ1n) is 7.35. The summed E-state index contributed by atoms with van der Waals surface area (Å²) in [5.74, 6) is 0.894. The summed E-state index contributed by atoms with van der Waals surface area (Å²) in [5, 5.41) is 3.50. The van der Waals surface area contributed by atoms with Gasteiger partial charge in [-0.2, -0.15) is 0 Å². The van der Waals surface area contributed by atoms with Crippen LogP contribution in [-0.4, -0.2) is 50.8 Å². The fraction of sp³-hybridized carbons (Fsp3) is 1.00. The number of rotatable bonds is 8. The lowest BCUT2D eigenvalue weighted by atomic mass is 10.0. The van der Waals surface area contributed by atoms with Crippen LogP contribution in [0.4, 0.5) is 0 Å². The van der Waals surface area contributed by atoms with E-state index in [-0.39, 0.29) is 0 Å². The molecule has 0 radical (unpaired) electrons. The number of nitrogens with one attached hydrogen (secondary N) is 1. The Morgan fingerprint density at radius 1 is 1.18 bits per heavy atom. The van der Waals surface area contributed by atoms with Gasteiger partial charge in [0.15, 0.2) is 0 Å². The normalized spacial score (nSPS) is 26.3. The summed E-state index contributed by atoms with van der Waals surface area (Å²) in [5.41, 5.74) is 0. The number of likely N-dealkylation sites (tertiary alicyclic amines) is 1. The Labute approximate surface area is 106 Å². The van der Waals surface area contributed by atoms with Gasteiger partial charge in [0.05, 0.1) is 6.61 Å². The Morgan fingerprint density at radius 3 is 2.82 bits per heavy atom. The van der Waals surface area contributed by atoms with E-state index in [2.05, 4.69) is 17.3 Å². The second-order valence-electron chi connectivity index (χ2n) is 5.69. The molecule has 1 heterocycles. The summed E-state index contributed by atoms with van der Waals surface area (Å²) in [6.45, 7) is 5.32. The third kappa shape index (κ3) is 5.36. The van der Waals surface area contributed by atoms with Crippen LogP contribution in [0.1, 0.15) is 38.5 Å². The molecule has 0 aromatic heterocycles. The lowest BCUT2D eigenvalue weighted by molar-refractivity contribution is 0.124. The van der Waals surface area contributed by atoms with Crippen LogP contribution in [0.25, 0.3) is 0 Å². The zero-order valence-electron chi connectivity index (χ0n) is 11.3. The molecule has 0 amide bonds. The lowest BCUT2D eigenvalue weighted by Gasteiger charge is -2.32. The minimum absolute atomic E-state index is 0.809. The molecule has 0 aromatic rings. The quantitative estimate of drug-likeness (QED) is 0.656. The summed E-state index contributed by atoms with van der Waals surface area (Å²) in [6, 6.07) is 0.809. The summed E-state index contributed by atoms with van der Waals surface area (Å²) in [7, 11) is 2.27. The molecule has 1 atom stereocenters. The van der Waals surface area contributed by atoms with E-state index in [1.54, 1.807) is 0 Å². The highest BCUT2D eigenvalue weighted by Gasteiger charge is 2.21. The third-order valence-corrected chi connectivity index (χ3v) is 4.05. The second-order valence-corrected chi connectivity index (χ2v) is 5.69. The van der Waals surface area contributed by atoms with E-state index in [0.29, 0.717) is 0 Å². The van der Waals surface area contributed by atoms with Gasteiger partial charge in [0.25, 0.3) is 0 Å². The van der Waals surface area contributed by atoms with Gasteiger partial charge in [-0.05, 0) is 58.2 Å². The van der Waals surface area contributed by atoms with E-state index in [9.17, 15) is 0 Å². The summed E-state index contributed by atoms with van der Waals surface area (Å²) >= 11 is 0. The van der Waals surface area contributed by atoms with Crippen LogP contribution in [0.3, 0.4) is 0 Å². The van der Waals surface area contributed by atoms with E-state index >= 15 is 0 Å². The Balaban J connectivity index is 1.39. The molecule has 2 aliphatic rings. The molecule has 3 heteroatoms. The van der Waals surface area contributed by atoms with E-state index in [4.69, 9.17) is 4.74 Å². The fourth-order valence-electron chi connectivity index (χ4n) is 2.58. The molecule has 3 nitrogen and oxygen atoms in total. The summed E-state index contributed by atoms with van der Waals surface area (Å²) in [6.07, 6.45) is 8.26. The topological polar surface area (TPSA) is 24.5 Å². The molecule has 0 spiro atoms. The molecule has 0 bridgehead atoms. The van der Waals surface area contributed by atoms with Crippen LogP contribution in [0, 0.1) is 5.92 Å². The number of ether oxygens (including phenoxy) is 1. The molecule has 1 unspecified atom stereocenters. The zero-order valence-corrected chi connectivity index (χ0v) is 11.3. The average Bonchev–Trinajstić information content (AvgIpc) is 3.14. The monoisotopic (exact) mass is 240 g/mol. The highest BCUT2D eigenvalue weighted by Crippen LogP contribution is 2.28. The zero-order chi connectivity index (χ0) is 11.9. The average molecular weight is 240 g/mol. The van der Waals surface area contributed by atoms with Gasteiger partial charge in [-0.15, -0.1) is 0 Å². The molecule has 100 valence electrons. The Morgan fingerprint density at radius 2 is 2.06 bits per heavy atom. The number of hydrogen-bond donors (Lipinski definition) is 1. The Hall–Kier alpha value is -0.120. The highest BCUT2D eigenvalue weighted by molar-refractivity contribution is 4.75. The molecule has 0 aromatic carbocycles. The maximum Gasteiger partial charge on any atom is 0.0591 e. The van der Waals surface area contributed by atoms with E-state index in [1.165, 1.54) is 45.1 Å². The predicted octanol–water partition coefficient (Wildman–Crippen LogP) is 1.88. The van der Waals surface area contributed by atoms with Gasteiger partial charge in [-0.25, -0.2) is 0 Å². The first-order valence-corrected chi connectivity index (χ1v) is 7.35. The van der Waals surface area contributed by atoms with Gasteiger partial charge in [-0.1, -0.05) is 6.42 Å². The minimum Gasteiger partial charge on any atom is -0.380 e. The molecule has 17 heavy (non-hydrogen) atoms. The van der Waals surface area contributed by atoms with Crippen LogP contribution in [0.5, 0.6) is 0 Å². The fourth-order valence-corrected chi connectivity index (χ4v) is 2.58. The van der Waals surface area contributed by atoms with Crippen molar-refractivity contribution in [1.82, 2.24) is 10.2 Å². The van der Waals surface area contributed by atoms with Crippen molar-refractivity contribution in [1.29, 1.82) is 0 Å². The summed E-state index contributed by atoms with van der Waals surface area (Å²) in [4.78, 5) is 2.52. The lowest BCUT2D eigenvalue weighted by Crippen LogP contribution is -2.38. The van der Waals surface area contributed by atoms with Crippen molar-refractivity contribution in [3.63, 3.8) is 0 Å². The van der Waals surface area contributed by atoms with Crippen molar-refractivity contribution < 1.29 is 4.74 Å². The molecular formula is C14H28N2O. The molecule has 1 N–H and O–H groups in total. The van der Waals surface area contributed by atoms with Crippen LogP contribution in [-0.2, 0) is 4.74 Å². The molecule has 1 saturated heterocycles.